The van der Waals surface area contributed by atoms with Gasteiger partial charge in [0.2, 0.25) is 5.91 Å². The molecule has 1 unspecified atom stereocenters. The second-order valence-electron chi connectivity index (χ2n) is 5.43. The van der Waals surface area contributed by atoms with E-state index in [4.69, 9.17) is 23.2 Å². The number of carbonyl (C=O) groups is 1. The van der Waals surface area contributed by atoms with Crippen LogP contribution in [-0.4, -0.2) is 5.91 Å². The van der Waals surface area contributed by atoms with E-state index in [1.165, 1.54) is 11.6 Å². The number of nitrogens with one attached hydrogen (secondary N) is 1. The van der Waals surface area contributed by atoms with E-state index in [0.717, 1.165) is 17.7 Å². The van der Waals surface area contributed by atoms with Gasteiger partial charge in [0.1, 0.15) is 0 Å². The third-order valence-corrected chi connectivity index (χ3v) is 4.47. The Labute approximate surface area is 147 Å². The van der Waals surface area contributed by atoms with Crippen LogP contribution in [0.25, 0.3) is 6.08 Å². The third-order valence-electron chi connectivity index (χ3n) is 3.73. The highest BCUT2D eigenvalue weighted by Crippen LogP contribution is 2.23. The predicted octanol–water partition coefficient (Wildman–Crippen LogP) is 6.16. The van der Waals surface area contributed by atoms with Gasteiger partial charge in [0.05, 0.1) is 10.0 Å². The van der Waals surface area contributed by atoms with Crippen molar-refractivity contribution in [3.05, 3.63) is 69.7 Å². The highest BCUT2D eigenvalue weighted by atomic mass is 35.5. The second kappa shape index (κ2) is 8.19. The molecule has 1 amide bonds. The largest absolute Gasteiger partial charge is 0.323 e. The van der Waals surface area contributed by atoms with Crippen molar-refractivity contribution in [3.8, 4) is 0 Å². The Hall–Kier alpha value is -1.77. The first kappa shape index (κ1) is 17.6. The van der Waals surface area contributed by atoms with Gasteiger partial charge in [-0.3, -0.25) is 4.79 Å². The lowest BCUT2D eigenvalue weighted by Crippen LogP contribution is -2.07. The zero-order valence-corrected chi connectivity index (χ0v) is 14.7. The van der Waals surface area contributed by atoms with Gasteiger partial charge in [-0.25, -0.2) is 0 Å². The lowest BCUT2D eigenvalue weighted by molar-refractivity contribution is -0.111. The van der Waals surface area contributed by atoms with E-state index < -0.39 is 0 Å². The fraction of sp³-hybridized carbons (Fsp3) is 0.211. The number of benzene rings is 2. The molecule has 1 atom stereocenters. The molecule has 4 heteroatoms. The standard InChI is InChI=1S/C19H19Cl2NO/c1-3-13(2)15-6-8-16(9-7-15)22-19(23)11-5-14-4-10-17(20)18(21)12-14/h4-13H,3H2,1-2H3,(H,22,23). The molecule has 0 fully saturated rings. The van der Waals surface area contributed by atoms with Crippen molar-refractivity contribution in [2.75, 3.05) is 5.32 Å². The number of amides is 1. The van der Waals surface area contributed by atoms with E-state index in [9.17, 15) is 4.79 Å². The van der Waals surface area contributed by atoms with Crippen molar-refractivity contribution >= 4 is 40.9 Å². The van der Waals surface area contributed by atoms with Crippen LogP contribution in [0.5, 0.6) is 0 Å². The molecule has 2 nitrogen and oxygen atoms in total. The van der Waals surface area contributed by atoms with Crippen molar-refractivity contribution in [1.29, 1.82) is 0 Å². The van der Waals surface area contributed by atoms with Gasteiger partial charge in [-0.2, -0.15) is 0 Å². The summed E-state index contributed by atoms with van der Waals surface area (Å²) in [5, 5.41) is 3.80. The summed E-state index contributed by atoms with van der Waals surface area (Å²) in [6, 6.07) is 13.2. The molecular weight excluding hydrogens is 329 g/mol. The highest BCUT2D eigenvalue weighted by molar-refractivity contribution is 6.42. The van der Waals surface area contributed by atoms with Gasteiger partial charge in [-0.05, 0) is 53.8 Å². The lowest BCUT2D eigenvalue weighted by Gasteiger charge is -2.09. The van der Waals surface area contributed by atoms with Crippen LogP contribution in [-0.2, 0) is 4.79 Å². The third kappa shape index (κ3) is 5.12. The average molecular weight is 348 g/mol. The van der Waals surface area contributed by atoms with Crippen LogP contribution in [0, 0.1) is 0 Å². The first-order valence-corrected chi connectivity index (χ1v) is 8.29. The van der Waals surface area contributed by atoms with Crippen LogP contribution in [0.1, 0.15) is 37.3 Å². The summed E-state index contributed by atoms with van der Waals surface area (Å²) < 4.78 is 0. The maximum atomic E-state index is 12.0. The van der Waals surface area contributed by atoms with E-state index in [0.29, 0.717) is 16.0 Å². The summed E-state index contributed by atoms with van der Waals surface area (Å²) in [4.78, 5) is 12.0. The van der Waals surface area contributed by atoms with Crippen molar-refractivity contribution in [3.63, 3.8) is 0 Å². The fourth-order valence-electron chi connectivity index (χ4n) is 2.10. The first-order chi connectivity index (χ1) is 11.0. The summed E-state index contributed by atoms with van der Waals surface area (Å²) in [6.45, 7) is 4.35. The Kier molecular flexibility index (Phi) is 6.26. The molecule has 0 aliphatic rings. The van der Waals surface area contributed by atoms with Gasteiger partial charge in [0.15, 0.2) is 0 Å². The van der Waals surface area contributed by atoms with E-state index >= 15 is 0 Å². The molecule has 0 aliphatic heterocycles. The van der Waals surface area contributed by atoms with Crippen molar-refractivity contribution in [2.45, 2.75) is 26.2 Å². The Bertz CT molecular complexity index is 708. The molecule has 0 aromatic heterocycles. The molecule has 0 heterocycles. The minimum Gasteiger partial charge on any atom is -0.323 e. The molecule has 0 bridgehead atoms. The number of carbonyl (C=O) groups excluding carboxylic acids is 1. The van der Waals surface area contributed by atoms with Crippen molar-refractivity contribution in [1.82, 2.24) is 0 Å². The Morgan fingerprint density at radius 1 is 1.13 bits per heavy atom. The topological polar surface area (TPSA) is 29.1 Å². The fourth-order valence-corrected chi connectivity index (χ4v) is 2.41. The zero-order valence-electron chi connectivity index (χ0n) is 13.1. The normalized spacial score (nSPS) is 12.3. The molecule has 0 aliphatic carbocycles. The van der Waals surface area contributed by atoms with Crippen LogP contribution in [0.15, 0.2) is 48.5 Å². The van der Waals surface area contributed by atoms with Crippen LogP contribution < -0.4 is 5.32 Å². The molecule has 0 saturated heterocycles. The van der Waals surface area contributed by atoms with Crippen LogP contribution in [0.3, 0.4) is 0 Å². The molecule has 0 spiro atoms. The zero-order chi connectivity index (χ0) is 16.8. The predicted molar refractivity (Wildman–Crippen MR) is 99.3 cm³/mol. The smallest absolute Gasteiger partial charge is 0.248 e. The van der Waals surface area contributed by atoms with Crippen molar-refractivity contribution < 1.29 is 4.79 Å². The molecule has 2 aromatic carbocycles. The maximum Gasteiger partial charge on any atom is 0.248 e. The second-order valence-corrected chi connectivity index (χ2v) is 6.24. The van der Waals surface area contributed by atoms with E-state index in [1.807, 2.05) is 24.3 Å². The van der Waals surface area contributed by atoms with Gasteiger partial charge >= 0.3 is 0 Å². The van der Waals surface area contributed by atoms with Crippen LogP contribution in [0.4, 0.5) is 5.69 Å². The van der Waals surface area contributed by atoms with Gasteiger partial charge in [0, 0.05) is 11.8 Å². The summed E-state index contributed by atoms with van der Waals surface area (Å²) in [7, 11) is 0. The number of rotatable bonds is 5. The molecule has 2 rings (SSSR count). The molecule has 0 saturated carbocycles. The first-order valence-electron chi connectivity index (χ1n) is 7.53. The van der Waals surface area contributed by atoms with Crippen LogP contribution >= 0.6 is 23.2 Å². The Morgan fingerprint density at radius 2 is 1.83 bits per heavy atom. The molecular formula is C19H19Cl2NO. The number of hydrogen-bond donors (Lipinski definition) is 1. The van der Waals surface area contributed by atoms with Gasteiger partial charge in [-0.1, -0.05) is 55.2 Å². The Morgan fingerprint density at radius 3 is 2.43 bits per heavy atom. The molecule has 2 aromatic rings. The summed E-state index contributed by atoms with van der Waals surface area (Å²) >= 11 is 11.8. The number of halogens is 2. The Balaban J connectivity index is 1.98. The number of anilines is 1. The van der Waals surface area contributed by atoms with Crippen molar-refractivity contribution in [2.24, 2.45) is 0 Å². The molecule has 0 radical (unpaired) electrons. The summed E-state index contributed by atoms with van der Waals surface area (Å²) in [5.41, 5.74) is 2.87. The van der Waals surface area contributed by atoms with Gasteiger partial charge in [0.25, 0.3) is 0 Å². The van der Waals surface area contributed by atoms with E-state index in [1.54, 1.807) is 24.3 Å². The quantitative estimate of drug-likeness (QED) is 0.644. The molecule has 23 heavy (non-hydrogen) atoms. The lowest BCUT2D eigenvalue weighted by atomic mass is 9.99. The number of hydrogen-bond acceptors (Lipinski definition) is 1. The SMILES string of the molecule is CCC(C)c1ccc(NC(=O)C=Cc2ccc(Cl)c(Cl)c2)cc1. The van der Waals surface area contributed by atoms with E-state index in [2.05, 4.69) is 19.2 Å². The van der Waals surface area contributed by atoms with E-state index in [-0.39, 0.29) is 5.91 Å². The average Bonchev–Trinajstić information content (AvgIpc) is 2.56. The van der Waals surface area contributed by atoms with Gasteiger partial charge < -0.3 is 5.32 Å². The minimum atomic E-state index is -0.188. The molecule has 1 N–H and O–H groups in total. The summed E-state index contributed by atoms with van der Waals surface area (Å²) in [6.07, 6.45) is 4.27. The highest BCUT2D eigenvalue weighted by Gasteiger charge is 2.03. The van der Waals surface area contributed by atoms with Gasteiger partial charge in [-0.15, -0.1) is 0 Å². The molecule has 120 valence electrons. The minimum absolute atomic E-state index is 0.188. The summed E-state index contributed by atoms with van der Waals surface area (Å²) in [5.74, 6) is 0.335. The maximum absolute atomic E-state index is 12.0. The van der Waals surface area contributed by atoms with Crippen LogP contribution in [0.2, 0.25) is 10.0 Å². The monoisotopic (exact) mass is 347 g/mol.